The fourth-order valence-corrected chi connectivity index (χ4v) is 1.57. The Kier molecular flexibility index (Phi) is 2.56. The second kappa shape index (κ2) is 3.87. The van der Waals surface area contributed by atoms with E-state index in [9.17, 15) is 4.79 Å². The molecule has 15 heavy (non-hydrogen) atoms. The summed E-state index contributed by atoms with van der Waals surface area (Å²) in [5.41, 5.74) is 1.36. The summed E-state index contributed by atoms with van der Waals surface area (Å²) >= 11 is 5.75. The second-order valence-electron chi connectivity index (χ2n) is 3.17. The average molecular weight is 221 g/mol. The number of nitrogens with zero attached hydrogens (tertiary/aromatic N) is 2. The van der Waals surface area contributed by atoms with E-state index in [1.165, 1.54) is 4.57 Å². The molecule has 1 heterocycles. The van der Waals surface area contributed by atoms with E-state index in [2.05, 4.69) is 4.98 Å². The van der Waals surface area contributed by atoms with Crippen molar-refractivity contribution in [3.8, 4) is 11.3 Å². The van der Waals surface area contributed by atoms with Crippen molar-refractivity contribution in [2.45, 2.75) is 0 Å². The first-order chi connectivity index (χ1) is 7.18. The molecule has 0 spiro atoms. The first kappa shape index (κ1) is 9.93. The first-order valence-corrected chi connectivity index (χ1v) is 4.85. The van der Waals surface area contributed by atoms with E-state index in [-0.39, 0.29) is 10.8 Å². The van der Waals surface area contributed by atoms with Crippen molar-refractivity contribution in [3.05, 3.63) is 52.0 Å². The van der Waals surface area contributed by atoms with Crippen LogP contribution in [0, 0.1) is 0 Å². The molecule has 0 bridgehead atoms. The zero-order valence-electron chi connectivity index (χ0n) is 8.14. The first-order valence-electron chi connectivity index (χ1n) is 4.47. The molecule has 0 fully saturated rings. The van der Waals surface area contributed by atoms with Gasteiger partial charge in [-0.2, -0.15) is 4.98 Å². The minimum atomic E-state index is -0.346. The Morgan fingerprint density at radius 3 is 2.60 bits per heavy atom. The van der Waals surface area contributed by atoms with Gasteiger partial charge < -0.3 is 0 Å². The quantitative estimate of drug-likeness (QED) is 0.690. The number of aromatic nitrogens is 2. The molecule has 0 atom stereocenters. The maximum atomic E-state index is 11.4. The van der Waals surface area contributed by atoms with Gasteiger partial charge in [0, 0.05) is 13.1 Å². The highest BCUT2D eigenvalue weighted by molar-refractivity contribution is 6.29. The van der Waals surface area contributed by atoms with Gasteiger partial charge >= 0.3 is 5.69 Å². The minimum Gasteiger partial charge on any atom is -0.295 e. The van der Waals surface area contributed by atoms with Crippen LogP contribution in [0.15, 0.2) is 41.2 Å². The lowest BCUT2D eigenvalue weighted by Crippen LogP contribution is -2.21. The molecule has 0 radical (unpaired) electrons. The molecule has 1 aromatic carbocycles. The number of hydrogen-bond donors (Lipinski definition) is 0. The normalized spacial score (nSPS) is 10.3. The van der Waals surface area contributed by atoms with Crippen molar-refractivity contribution in [2.24, 2.45) is 7.05 Å². The molecule has 2 aromatic rings. The topological polar surface area (TPSA) is 34.9 Å². The van der Waals surface area contributed by atoms with E-state index in [0.29, 0.717) is 0 Å². The SMILES string of the molecule is Cn1c(-c2ccccc2)cc(Cl)nc1=O. The summed E-state index contributed by atoms with van der Waals surface area (Å²) in [7, 11) is 1.67. The predicted molar refractivity (Wildman–Crippen MR) is 59.9 cm³/mol. The Hall–Kier alpha value is -1.61. The van der Waals surface area contributed by atoms with Gasteiger partial charge in [-0.3, -0.25) is 4.57 Å². The summed E-state index contributed by atoms with van der Waals surface area (Å²) in [6, 6.07) is 11.3. The summed E-state index contributed by atoms with van der Waals surface area (Å²) in [6.45, 7) is 0. The zero-order valence-corrected chi connectivity index (χ0v) is 8.90. The molecule has 0 aliphatic carbocycles. The van der Waals surface area contributed by atoms with E-state index in [1.54, 1.807) is 13.1 Å². The Labute approximate surface area is 92.0 Å². The van der Waals surface area contributed by atoms with E-state index < -0.39 is 0 Å². The van der Waals surface area contributed by atoms with Gasteiger partial charge in [0.25, 0.3) is 0 Å². The maximum Gasteiger partial charge on any atom is 0.349 e. The van der Waals surface area contributed by atoms with E-state index >= 15 is 0 Å². The molecule has 0 aliphatic heterocycles. The van der Waals surface area contributed by atoms with E-state index in [4.69, 9.17) is 11.6 Å². The van der Waals surface area contributed by atoms with Gasteiger partial charge in [0.1, 0.15) is 5.15 Å². The van der Waals surface area contributed by atoms with Crippen LogP contribution in [0.25, 0.3) is 11.3 Å². The van der Waals surface area contributed by atoms with Gasteiger partial charge in [-0.15, -0.1) is 0 Å². The monoisotopic (exact) mass is 220 g/mol. The van der Waals surface area contributed by atoms with Crippen molar-refractivity contribution in [1.29, 1.82) is 0 Å². The van der Waals surface area contributed by atoms with Crippen LogP contribution in [0.5, 0.6) is 0 Å². The van der Waals surface area contributed by atoms with Gasteiger partial charge in [-0.05, 0) is 5.56 Å². The van der Waals surface area contributed by atoms with Crippen molar-refractivity contribution in [2.75, 3.05) is 0 Å². The molecule has 3 nitrogen and oxygen atoms in total. The third kappa shape index (κ3) is 1.92. The summed E-state index contributed by atoms with van der Waals surface area (Å²) < 4.78 is 1.47. The van der Waals surface area contributed by atoms with Crippen LogP contribution >= 0.6 is 11.6 Å². The maximum absolute atomic E-state index is 11.4. The summed E-state index contributed by atoms with van der Waals surface area (Å²) in [6.07, 6.45) is 0. The highest BCUT2D eigenvalue weighted by Gasteiger charge is 2.05. The summed E-state index contributed by atoms with van der Waals surface area (Å²) in [5.74, 6) is 0. The van der Waals surface area contributed by atoms with E-state index in [0.717, 1.165) is 11.3 Å². The van der Waals surface area contributed by atoms with Crippen LogP contribution in [0.3, 0.4) is 0 Å². The van der Waals surface area contributed by atoms with E-state index in [1.807, 2.05) is 30.3 Å². The second-order valence-corrected chi connectivity index (χ2v) is 3.56. The third-order valence-corrected chi connectivity index (χ3v) is 2.37. The number of halogens is 1. The standard InChI is InChI=1S/C11H9ClN2O/c1-14-9(7-10(12)13-11(14)15)8-5-3-2-4-6-8/h2-7H,1H3. The van der Waals surface area contributed by atoms with Crippen molar-refractivity contribution >= 4 is 11.6 Å². The van der Waals surface area contributed by atoms with Crippen molar-refractivity contribution in [3.63, 3.8) is 0 Å². The Balaban J connectivity index is 2.68. The molecule has 0 amide bonds. The third-order valence-electron chi connectivity index (χ3n) is 2.18. The Morgan fingerprint density at radius 2 is 1.93 bits per heavy atom. The molecule has 0 saturated carbocycles. The number of benzene rings is 1. The van der Waals surface area contributed by atoms with Gasteiger partial charge in [0.15, 0.2) is 0 Å². The predicted octanol–water partition coefficient (Wildman–Crippen LogP) is 2.10. The summed E-state index contributed by atoms with van der Waals surface area (Å²) in [5, 5.41) is 0.219. The molecule has 0 aliphatic rings. The van der Waals surface area contributed by atoms with Gasteiger partial charge in [0.2, 0.25) is 0 Å². The molecule has 0 saturated heterocycles. The highest BCUT2D eigenvalue weighted by atomic mass is 35.5. The van der Waals surface area contributed by atoms with Crippen LogP contribution in [0.1, 0.15) is 0 Å². The smallest absolute Gasteiger partial charge is 0.295 e. The molecule has 0 N–H and O–H groups in total. The molecular weight excluding hydrogens is 212 g/mol. The zero-order chi connectivity index (χ0) is 10.8. The Morgan fingerprint density at radius 1 is 1.27 bits per heavy atom. The number of rotatable bonds is 1. The molecule has 0 unspecified atom stereocenters. The molecule has 1 aromatic heterocycles. The van der Waals surface area contributed by atoms with Crippen LogP contribution in [0.2, 0.25) is 5.15 Å². The van der Waals surface area contributed by atoms with Crippen LogP contribution in [0.4, 0.5) is 0 Å². The van der Waals surface area contributed by atoms with Crippen LogP contribution in [-0.2, 0) is 7.05 Å². The van der Waals surface area contributed by atoms with Gasteiger partial charge in [-0.25, -0.2) is 4.79 Å². The largest absolute Gasteiger partial charge is 0.349 e. The molecule has 4 heteroatoms. The molecule has 2 rings (SSSR count). The van der Waals surface area contributed by atoms with Crippen LogP contribution < -0.4 is 5.69 Å². The molecular formula is C11H9ClN2O. The minimum absolute atomic E-state index is 0.219. The number of hydrogen-bond acceptors (Lipinski definition) is 2. The summed E-state index contributed by atoms with van der Waals surface area (Å²) in [4.78, 5) is 15.0. The fraction of sp³-hybridized carbons (Fsp3) is 0.0909. The average Bonchev–Trinajstić information content (AvgIpc) is 2.24. The molecule has 76 valence electrons. The highest BCUT2D eigenvalue weighted by Crippen LogP contribution is 2.18. The van der Waals surface area contributed by atoms with Gasteiger partial charge in [-0.1, -0.05) is 41.9 Å². The van der Waals surface area contributed by atoms with Gasteiger partial charge in [0.05, 0.1) is 5.69 Å². The van der Waals surface area contributed by atoms with Crippen molar-refractivity contribution < 1.29 is 0 Å². The fourth-order valence-electron chi connectivity index (χ4n) is 1.40. The lowest BCUT2D eigenvalue weighted by molar-refractivity contribution is 0.820. The lowest BCUT2D eigenvalue weighted by atomic mass is 10.1. The lowest BCUT2D eigenvalue weighted by Gasteiger charge is -2.07. The van der Waals surface area contributed by atoms with Crippen LogP contribution in [-0.4, -0.2) is 9.55 Å². The Bertz CT molecular complexity index is 534. The van der Waals surface area contributed by atoms with Crippen molar-refractivity contribution in [1.82, 2.24) is 9.55 Å².